The summed E-state index contributed by atoms with van der Waals surface area (Å²) in [5.74, 6) is -6.94. The molecule has 4 aromatic heterocycles. The standard InChI is InChI=1S/C52H62N16O16S3/c1-51(2)41(59-43(69)39(33-25-85-49(55)57-33)61-81-37(47(73)74)23-79-31-13-9-29(10-14-31)35-21-65(19-7-17-53)27-63(35)5)45(71)67(51)83-87(77,78)84-68-46(72)42(52(68,3)4)60-44(70)40(34-26-86-50(56)58-34)62-82-38(48(75)76)24-80-32-15-11-30(12-16-32)36-22-66(20-8-18-54)28-64(36)6/h9-16,21-22,25-28,37-38,41-42H,7-8,17-20,23-24,53-54H2,1-6H3,(H6-2,55,56,57,58,59,60,69,70,73,74,75,76)/p+2/b61-39-,62-40-/t37-,38-,41+,42+/m0/s1. The zero-order chi connectivity index (χ0) is 63.1. The second-order valence-electron chi connectivity index (χ2n) is 20.7. The molecule has 2 aliphatic heterocycles. The van der Waals surface area contributed by atoms with E-state index >= 15 is 0 Å². The normalized spacial score (nSPS) is 17.2. The number of carboxylic acids is 2. The number of hydrogen-bond donors (Lipinski definition) is 8. The Labute approximate surface area is 504 Å². The van der Waals surface area contributed by atoms with Crippen molar-refractivity contribution in [2.45, 2.75) is 89.0 Å². The van der Waals surface area contributed by atoms with Gasteiger partial charge in [0.2, 0.25) is 12.7 Å². The lowest BCUT2D eigenvalue weighted by molar-refractivity contribution is -0.660. The summed E-state index contributed by atoms with van der Waals surface area (Å²) in [6.45, 7) is 6.68. The Morgan fingerprint density at radius 3 is 1.34 bits per heavy atom. The molecule has 32 nitrogen and oxygen atoms in total. The van der Waals surface area contributed by atoms with Crippen LogP contribution in [0.5, 0.6) is 11.5 Å². The second kappa shape index (κ2) is 26.6. The Bertz CT molecular complexity index is 3480. The van der Waals surface area contributed by atoms with Crippen LogP contribution in [0.2, 0.25) is 0 Å². The van der Waals surface area contributed by atoms with Crippen molar-refractivity contribution in [3.8, 4) is 34.0 Å². The molecule has 4 amide bonds. The second-order valence-corrected chi connectivity index (χ2v) is 23.6. The van der Waals surface area contributed by atoms with E-state index < -0.39 is 106 Å². The Hall–Kier alpha value is -9.13. The topological polar surface area (TPSA) is 435 Å². The number of anilines is 2. The Balaban J connectivity index is 0.862. The van der Waals surface area contributed by atoms with Gasteiger partial charge in [-0.15, -0.1) is 31.2 Å². The molecule has 35 heteroatoms. The summed E-state index contributed by atoms with van der Waals surface area (Å²) in [4.78, 5) is 98.3. The lowest BCUT2D eigenvalue weighted by Crippen LogP contribution is -2.78. The molecule has 0 saturated carbocycles. The first-order valence-corrected chi connectivity index (χ1v) is 29.6. The molecule has 12 N–H and O–H groups in total. The molecule has 8 rings (SSSR count). The molecule has 0 bridgehead atoms. The zero-order valence-electron chi connectivity index (χ0n) is 47.7. The SMILES string of the molecule is C[n+]1cn(CCCN)cc1-c1ccc(OC[C@H](O/N=C(\C(=O)N[C@@H]2C(=O)N(OS(=O)(=O)ON3C(=O)[C@@H](NC(=O)/C(=N\O[C@@H](COc4ccc(-c5cn(CCCN)c[n+]5C)cc4)C(=O)O)c4csc(N)n4)C3(C)C)C2(C)C)c2csc(N)n2)C(=O)O)cc1. The van der Waals surface area contributed by atoms with Crippen LogP contribution >= 0.6 is 22.7 Å². The summed E-state index contributed by atoms with van der Waals surface area (Å²) in [5.41, 5.74) is 21.6. The molecule has 2 aromatic carbocycles. The number of carboxylic acid groups (broad SMARTS) is 2. The van der Waals surface area contributed by atoms with Gasteiger partial charge in [-0.25, -0.2) is 37.8 Å². The van der Waals surface area contributed by atoms with Gasteiger partial charge in [0.25, 0.3) is 35.8 Å². The van der Waals surface area contributed by atoms with Crippen molar-refractivity contribution >= 4 is 90.3 Å². The van der Waals surface area contributed by atoms with Crippen LogP contribution in [0.15, 0.2) is 94.7 Å². The van der Waals surface area contributed by atoms with Crippen LogP contribution in [-0.2, 0) is 84.6 Å². The quantitative estimate of drug-likeness (QED) is 0.0123. The molecule has 464 valence electrons. The predicted octanol–water partition coefficient (Wildman–Crippen LogP) is -0.427. The molecule has 6 heterocycles. The maximum absolute atomic E-state index is 13.9. The van der Waals surface area contributed by atoms with Gasteiger partial charge in [-0.2, -0.15) is 18.5 Å². The van der Waals surface area contributed by atoms with Crippen LogP contribution in [0.3, 0.4) is 0 Å². The number of amides is 4. The molecule has 2 saturated heterocycles. The van der Waals surface area contributed by atoms with Crippen LogP contribution in [-0.4, -0.2) is 157 Å². The number of hydrogen-bond acceptors (Lipinski definition) is 24. The van der Waals surface area contributed by atoms with Gasteiger partial charge < -0.3 is 62.9 Å². The number of nitrogen functional groups attached to an aromatic ring is 2. The number of aryl methyl sites for hydroxylation is 4. The van der Waals surface area contributed by atoms with E-state index in [9.17, 15) is 47.4 Å². The molecular formula is C52H64N16O16S3+2. The summed E-state index contributed by atoms with van der Waals surface area (Å²) < 4.78 is 56.3. The molecule has 6 aromatic rings. The van der Waals surface area contributed by atoms with Crippen molar-refractivity contribution in [1.82, 2.24) is 39.9 Å². The van der Waals surface area contributed by atoms with E-state index in [2.05, 4.69) is 30.9 Å². The monoisotopic (exact) mass is 1260 g/mol. The zero-order valence-corrected chi connectivity index (χ0v) is 50.1. The minimum Gasteiger partial charge on any atom is -0.489 e. The fourth-order valence-corrected chi connectivity index (χ4v) is 10.9. The highest BCUT2D eigenvalue weighted by Gasteiger charge is 2.61. The van der Waals surface area contributed by atoms with Crippen LogP contribution < -0.4 is 52.2 Å². The third-order valence-corrected chi connectivity index (χ3v) is 15.6. The number of benzene rings is 2. The fourth-order valence-electron chi connectivity index (χ4n) is 8.84. The van der Waals surface area contributed by atoms with Crippen molar-refractivity contribution in [3.63, 3.8) is 0 Å². The van der Waals surface area contributed by atoms with E-state index in [1.165, 1.54) is 38.5 Å². The van der Waals surface area contributed by atoms with Crippen molar-refractivity contribution in [2.24, 2.45) is 35.9 Å². The Kier molecular flexibility index (Phi) is 19.6. The van der Waals surface area contributed by atoms with Gasteiger partial charge in [0, 0.05) is 21.9 Å². The highest BCUT2D eigenvalue weighted by molar-refractivity contribution is 7.81. The summed E-state index contributed by atoms with van der Waals surface area (Å²) in [6, 6.07) is 10.6. The van der Waals surface area contributed by atoms with Crippen LogP contribution in [0, 0.1) is 0 Å². The van der Waals surface area contributed by atoms with E-state index in [4.69, 9.17) is 50.7 Å². The number of aromatic nitrogens is 6. The van der Waals surface area contributed by atoms with Gasteiger partial charge in [-0.05, 0) is 102 Å². The molecule has 0 unspecified atom stereocenters. The van der Waals surface area contributed by atoms with E-state index in [0.29, 0.717) is 34.7 Å². The van der Waals surface area contributed by atoms with Gasteiger partial charge in [0.1, 0.15) is 60.6 Å². The van der Waals surface area contributed by atoms with E-state index in [0.717, 1.165) is 71.1 Å². The molecular weight excluding hydrogens is 1200 g/mol. The Morgan fingerprint density at radius 1 is 0.667 bits per heavy atom. The number of β-lactam (4-membered cyclic amide) rings is 2. The molecule has 2 aliphatic rings. The number of nitrogens with two attached hydrogens (primary N) is 4. The highest BCUT2D eigenvalue weighted by Crippen LogP contribution is 2.37. The van der Waals surface area contributed by atoms with Gasteiger partial charge in [0.15, 0.2) is 33.1 Å². The number of ether oxygens (including phenoxy) is 2. The average molecular weight is 1270 g/mol. The van der Waals surface area contributed by atoms with Gasteiger partial charge in [0.05, 0.1) is 38.3 Å². The van der Waals surface area contributed by atoms with Crippen LogP contribution in [0.1, 0.15) is 51.9 Å². The lowest BCUT2D eigenvalue weighted by atomic mass is 9.84. The first kappa shape index (κ1) is 63.9. The summed E-state index contributed by atoms with van der Waals surface area (Å²) in [5, 5.41) is 35.8. The molecule has 2 fully saturated rings. The third kappa shape index (κ3) is 14.8. The molecule has 0 spiro atoms. The average Bonchev–Trinajstić information content (AvgIpc) is 1.54. The smallest absolute Gasteiger partial charge is 0.442 e. The Morgan fingerprint density at radius 2 is 1.03 bits per heavy atom. The maximum Gasteiger partial charge on any atom is 0.442 e. The number of thiazole rings is 2. The number of nitrogens with zero attached hydrogens (tertiary/aromatic N) is 10. The van der Waals surface area contributed by atoms with Gasteiger partial charge >= 0.3 is 22.3 Å². The van der Waals surface area contributed by atoms with Crippen molar-refractivity contribution in [1.29, 1.82) is 0 Å². The number of aliphatic carboxylic acids is 2. The van der Waals surface area contributed by atoms with E-state index in [1.54, 1.807) is 48.5 Å². The first-order chi connectivity index (χ1) is 41.2. The molecule has 87 heavy (non-hydrogen) atoms. The van der Waals surface area contributed by atoms with Crippen molar-refractivity contribution in [3.05, 3.63) is 95.7 Å². The first-order valence-electron chi connectivity index (χ1n) is 26.5. The number of carbonyl (C=O) groups excluding carboxylic acids is 4. The molecule has 0 aliphatic carbocycles. The number of oxime groups is 2. The van der Waals surface area contributed by atoms with Crippen LogP contribution in [0.4, 0.5) is 10.3 Å². The lowest BCUT2D eigenvalue weighted by Gasteiger charge is -2.52. The molecule has 0 radical (unpaired) electrons. The predicted molar refractivity (Wildman–Crippen MR) is 308 cm³/mol. The van der Waals surface area contributed by atoms with E-state index in [-0.39, 0.29) is 21.7 Å². The number of carbonyl (C=O) groups is 6. The molecule has 4 atom stereocenters. The summed E-state index contributed by atoms with van der Waals surface area (Å²) in [7, 11) is -1.57. The highest BCUT2D eigenvalue weighted by atomic mass is 32.3. The number of rotatable bonds is 30. The van der Waals surface area contributed by atoms with Crippen molar-refractivity contribution in [2.75, 3.05) is 37.8 Å². The van der Waals surface area contributed by atoms with E-state index in [1.807, 2.05) is 57.4 Å². The maximum atomic E-state index is 13.9. The van der Waals surface area contributed by atoms with Gasteiger partial charge in [-0.1, -0.05) is 10.3 Å². The minimum absolute atomic E-state index is 0.0104. The van der Waals surface area contributed by atoms with Crippen molar-refractivity contribution < 1.29 is 84.2 Å². The third-order valence-electron chi connectivity index (χ3n) is 13.6. The number of nitrogens with one attached hydrogen (secondary N) is 2. The number of hydroxylamine groups is 4. The number of imidazole rings is 2. The summed E-state index contributed by atoms with van der Waals surface area (Å²) in [6.07, 6.45) is 5.87. The van der Waals surface area contributed by atoms with Crippen LogP contribution in [0.25, 0.3) is 22.5 Å². The largest absolute Gasteiger partial charge is 0.489 e. The summed E-state index contributed by atoms with van der Waals surface area (Å²) >= 11 is 1.81. The minimum atomic E-state index is -5.36. The fraction of sp³-hybridized carbons (Fsp3) is 0.385. The van der Waals surface area contributed by atoms with Gasteiger partial charge in [-0.3, -0.25) is 19.2 Å².